The van der Waals surface area contributed by atoms with Crippen LogP contribution in [0.15, 0.2) is 18.2 Å². The fourth-order valence-electron chi connectivity index (χ4n) is 3.20. The van der Waals surface area contributed by atoms with Gasteiger partial charge in [-0.25, -0.2) is 0 Å². The van der Waals surface area contributed by atoms with Gasteiger partial charge in [-0.15, -0.1) is 0 Å². The normalized spacial score (nSPS) is 26.1. The molecule has 1 aliphatic carbocycles. The van der Waals surface area contributed by atoms with Crippen LogP contribution < -0.4 is 15.8 Å². The van der Waals surface area contributed by atoms with Gasteiger partial charge in [0.05, 0.1) is 12.7 Å². The highest BCUT2D eigenvalue weighted by Gasteiger charge is 2.25. The lowest BCUT2D eigenvalue weighted by atomic mass is 9.80. The van der Waals surface area contributed by atoms with Crippen LogP contribution in [0.2, 0.25) is 0 Å². The predicted octanol–water partition coefficient (Wildman–Crippen LogP) is 2.83. The molecule has 0 heterocycles. The van der Waals surface area contributed by atoms with Crippen LogP contribution in [0.4, 0.5) is 5.69 Å². The zero-order valence-corrected chi connectivity index (χ0v) is 12.5. The summed E-state index contributed by atoms with van der Waals surface area (Å²) >= 11 is 0. The van der Waals surface area contributed by atoms with E-state index in [0.29, 0.717) is 28.8 Å². The minimum atomic E-state index is -0.0866. The first-order valence-electron chi connectivity index (χ1n) is 7.24. The first-order valence-corrected chi connectivity index (χ1v) is 7.24. The van der Waals surface area contributed by atoms with Crippen LogP contribution in [0.5, 0.6) is 5.75 Å². The van der Waals surface area contributed by atoms with Crippen molar-refractivity contribution in [3.05, 3.63) is 23.8 Å². The first-order chi connectivity index (χ1) is 9.49. The van der Waals surface area contributed by atoms with Gasteiger partial charge in [-0.2, -0.15) is 0 Å². The van der Waals surface area contributed by atoms with Crippen molar-refractivity contribution in [2.75, 3.05) is 12.8 Å². The zero-order valence-electron chi connectivity index (χ0n) is 12.5. The van der Waals surface area contributed by atoms with Gasteiger partial charge in [-0.3, -0.25) is 4.79 Å². The molecule has 110 valence electrons. The Morgan fingerprint density at radius 3 is 2.45 bits per heavy atom. The van der Waals surface area contributed by atoms with E-state index < -0.39 is 0 Å². The van der Waals surface area contributed by atoms with Gasteiger partial charge in [-0.05, 0) is 43.2 Å². The third-order valence-corrected chi connectivity index (χ3v) is 4.02. The molecule has 3 N–H and O–H groups in total. The van der Waals surface area contributed by atoms with Crippen LogP contribution in [-0.2, 0) is 0 Å². The Morgan fingerprint density at radius 2 is 1.90 bits per heavy atom. The van der Waals surface area contributed by atoms with Crippen LogP contribution in [0, 0.1) is 11.8 Å². The second-order valence-electron chi connectivity index (χ2n) is 6.04. The number of rotatable bonds is 3. The summed E-state index contributed by atoms with van der Waals surface area (Å²) in [7, 11) is 1.58. The molecule has 1 saturated carbocycles. The summed E-state index contributed by atoms with van der Waals surface area (Å²) in [4.78, 5) is 12.3. The van der Waals surface area contributed by atoms with E-state index >= 15 is 0 Å². The number of carbonyl (C=O) groups excluding carboxylic acids is 1. The minimum absolute atomic E-state index is 0.0866. The highest BCUT2D eigenvalue weighted by atomic mass is 16.5. The second kappa shape index (κ2) is 6.16. The monoisotopic (exact) mass is 276 g/mol. The second-order valence-corrected chi connectivity index (χ2v) is 6.04. The number of hydrogen-bond donors (Lipinski definition) is 2. The summed E-state index contributed by atoms with van der Waals surface area (Å²) in [5.74, 6) is 1.91. The number of methoxy groups -OCH3 is 1. The molecule has 1 aliphatic rings. The van der Waals surface area contributed by atoms with Crippen LogP contribution in [-0.4, -0.2) is 19.1 Å². The molecule has 0 spiro atoms. The topological polar surface area (TPSA) is 64.3 Å². The van der Waals surface area contributed by atoms with Gasteiger partial charge in [0.1, 0.15) is 5.75 Å². The third-order valence-electron chi connectivity index (χ3n) is 4.02. The van der Waals surface area contributed by atoms with Gasteiger partial charge in [-0.1, -0.05) is 13.8 Å². The van der Waals surface area contributed by atoms with E-state index in [1.54, 1.807) is 25.3 Å². The number of ether oxygens (including phenoxy) is 1. The molecule has 4 nitrogen and oxygen atoms in total. The maximum atomic E-state index is 12.3. The summed E-state index contributed by atoms with van der Waals surface area (Å²) in [5, 5.41) is 3.11. The quantitative estimate of drug-likeness (QED) is 0.834. The fraction of sp³-hybridized carbons (Fsp3) is 0.562. The predicted molar refractivity (Wildman–Crippen MR) is 80.8 cm³/mol. The van der Waals surface area contributed by atoms with Crippen LogP contribution in [0.1, 0.15) is 43.5 Å². The molecule has 0 aromatic heterocycles. The lowest BCUT2D eigenvalue weighted by molar-refractivity contribution is 0.0912. The van der Waals surface area contributed by atoms with Crippen LogP contribution >= 0.6 is 0 Å². The molecule has 4 heteroatoms. The van der Waals surface area contributed by atoms with Crippen molar-refractivity contribution < 1.29 is 9.53 Å². The molecular weight excluding hydrogens is 252 g/mol. The molecule has 0 saturated heterocycles. The summed E-state index contributed by atoms with van der Waals surface area (Å²) in [5.41, 5.74) is 6.90. The van der Waals surface area contributed by atoms with Crippen molar-refractivity contribution in [2.45, 2.75) is 39.2 Å². The Kier molecular flexibility index (Phi) is 4.53. The molecule has 1 amide bonds. The first kappa shape index (κ1) is 14.7. The largest absolute Gasteiger partial charge is 0.497 e. The molecule has 1 aromatic carbocycles. The van der Waals surface area contributed by atoms with Gasteiger partial charge in [0.2, 0.25) is 0 Å². The number of nitrogens with two attached hydrogens (primary N) is 1. The molecule has 0 bridgehead atoms. The Bertz CT molecular complexity index is 477. The molecule has 20 heavy (non-hydrogen) atoms. The molecular formula is C16H24N2O2. The SMILES string of the molecule is COc1ccc(C(=O)NC2CC(C)CC(C)C2)c(N)c1. The Hall–Kier alpha value is -1.71. The van der Waals surface area contributed by atoms with Crippen molar-refractivity contribution in [1.29, 1.82) is 0 Å². The number of anilines is 1. The molecule has 0 radical (unpaired) electrons. The minimum Gasteiger partial charge on any atom is -0.497 e. The number of carbonyl (C=O) groups is 1. The maximum Gasteiger partial charge on any atom is 0.253 e. The molecule has 1 aromatic rings. The van der Waals surface area contributed by atoms with Crippen LogP contribution in [0.25, 0.3) is 0 Å². The molecule has 2 unspecified atom stereocenters. The van der Waals surface area contributed by atoms with Crippen molar-refractivity contribution in [1.82, 2.24) is 5.32 Å². The summed E-state index contributed by atoms with van der Waals surface area (Å²) in [6, 6.07) is 5.42. The standard InChI is InChI=1S/C16H24N2O2/c1-10-6-11(2)8-12(7-10)18-16(19)14-5-4-13(20-3)9-15(14)17/h4-5,9-12H,6-8,17H2,1-3H3,(H,18,19). The average Bonchev–Trinajstić information content (AvgIpc) is 2.36. The van der Waals surface area contributed by atoms with E-state index in [1.807, 2.05) is 0 Å². The summed E-state index contributed by atoms with van der Waals surface area (Å²) < 4.78 is 5.10. The number of amides is 1. The smallest absolute Gasteiger partial charge is 0.253 e. The number of benzene rings is 1. The van der Waals surface area contributed by atoms with E-state index in [9.17, 15) is 4.79 Å². The van der Waals surface area contributed by atoms with Gasteiger partial charge in [0, 0.05) is 17.8 Å². The summed E-state index contributed by atoms with van der Waals surface area (Å²) in [6.45, 7) is 4.49. The van der Waals surface area contributed by atoms with E-state index in [4.69, 9.17) is 10.5 Å². The maximum absolute atomic E-state index is 12.3. The van der Waals surface area contributed by atoms with Crippen molar-refractivity contribution in [2.24, 2.45) is 11.8 Å². The van der Waals surface area contributed by atoms with Gasteiger partial charge >= 0.3 is 0 Å². The van der Waals surface area contributed by atoms with Crippen molar-refractivity contribution in [3.63, 3.8) is 0 Å². The van der Waals surface area contributed by atoms with E-state index in [2.05, 4.69) is 19.2 Å². The van der Waals surface area contributed by atoms with E-state index in [0.717, 1.165) is 12.8 Å². The van der Waals surface area contributed by atoms with Crippen molar-refractivity contribution in [3.8, 4) is 5.75 Å². The average molecular weight is 276 g/mol. The van der Waals surface area contributed by atoms with Gasteiger partial charge in [0.25, 0.3) is 5.91 Å². The Labute approximate surface area is 120 Å². The van der Waals surface area contributed by atoms with E-state index in [-0.39, 0.29) is 11.9 Å². The number of nitrogen functional groups attached to an aromatic ring is 1. The molecule has 0 aliphatic heterocycles. The Morgan fingerprint density at radius 1 is 1.25 bits per heavy atom. The van der Waals surface area contributed by atoms with Gasteiger partial charge in [0.15, 0.2) is 0 Å². The van der Waals surface area contributed by atoms with E-state index in [1.165, 1.54) is 6.42 Å². The molecule has 2 rings (SSSR count). The highest BCUT2D eigenvalue weighted by molar-refractivity contribution is 5.99. The fourth-order valence-corrected chi connectivity index (χ4v) is 3.20. The zero-order chi connectivity index (χ0) is 14.7. The number of hydrogen-bond acceptors (Lipinski definition) is 3. The highest BCUT2D eigenvalue weighted by Crippen LogP contribution is 2.29. The molecule has 2 atom stereocenters. The van der Waals surface area contributed by atoms with Crippen molar-refractivity contribution >= 4 is 11.6 Å². The molecule has 1 fully saturated rings. The number of nitrogens with one attached hydrogen (secondary N) is 1. The van der Waals surface area contributed by atoms with Gasteiger partial charge < -0.3 is 15.8 Å². The Balaban J connectivity index is 2.04. The lowest BCUT2D eigenvalue weighted by Gasteiger charge is -2.32. The lowest BCUT2D eigenvalue weighted by Crippen LogP contribution is -2.40. The van der Waals surface area contributed by atoms with Crippen LogP contribution in [0.3, 0.4) is 0 Å². The summed E-state index contributed by atoms with van der Waals surface area (Å²) in [6.07, 6.45) is 3.34. The third kappa shape index (κ3) is 3.44.